The van der Waals surface area contributed by atoms with E-state index in [4.69, 9.17) is 4.74 Å². The number of piperidine rings is 1. The predicted molar refractivity (Wildman–Crippen MR) is 129 cm³/mol. The fourth-order valence-electron chi connectivity index (χ4n) is 5.51. The molecule has 3 N–H and O–H groups in total. The van der Waals surface area contributed by atoms with Crippen molar-refractivity contribution < 1.29 is 19.4 Å². The number of hydrogen-bond acceptors (Lipinski definition) is 7. The smallest absolute Gasteiger partial charge is 0.261 e. The lowest BCUT2D eigenvalue weighted by atomic mass is 9.77. The second-order valence-corrected chi connectivity index (χ2v) is 10.2. The number of hydrogen-bond donors (Lipinski definition) is 3. The van der Waals surface area contributed by atoms with Gasteiger partial charge in [-0.1, -0.05) is 0 Å². The van der Waals surface area contributed by atoms with Gasteiger partial charge in [0.15, 0.2) is 5.65 Å². The highest BCUT2D eigenvalue weighted by Gasteiger charge is 2.42. The maximum absolute atomic E-state index is 13.3. The lowest BCUT2D eigenvalue weighted by Crippen LogP contribution is -2.41. The maximum atomic E-state index is 13.3. The Morgan fingerprint density at radius 3 is 2.86 bits per heavy atom. The van der Waals surface area contributed by atoms with Crippen LogP contribution in [0.25, 0.3) is 5.65 Å². The Morgan fingerprint density at radius 1 is 1.29 bits per heavy atom. The van der Waals surface area contributed by atoms with Crippen LogP contribution in [0.5, 0.6) is 5.75 Å². The number of carbonyl (C=O) groups is 2. The quantitative estimate of drug-likeness (QED) is 0.525. The SMILES string of the molecule is CC1(CO)Cc2cc(NC(=O)c3cnn4cccnc34)c(N3CCC4(CC3)CNC(=O)C4)cc2O1. The number of anilines is 2. The van der Waals surface area contributed by atoms with Gasteiger partial charge in [0, 0.05) is 56.5 Å². The molecule has 1 spiro atoms. The highest BCUT2D eigenvalue weighted by molar-refractivity contribution is 6.09. The molecule has 0 saturated carbocycles. The van der Waals surface area contributed by atoms with E-state index in [9.17, 15) is 14.7 Å². The number of aliphatic hydroxyl groups is 1. The van der Waals surface area contributed by atoms with Crippen molar-refractivity contribution in [2.24, 2.45) is 5.41 Å². The van der Waals surface area contributed by atoms with Crippen molar-refractivity contribution in [3.8, 4) is 5.75 Å². The fraction of sp³-hybridized carbons (Fsp3) is 0.440. The molecule has 0 bridgehead atoms. The van der Waals surface area contributed by atoms with Gasteiger partial charge in [0.25, 0.3) is 5.91 Å². The molecule has 2 amide bonds. The zero-order chi connectivity index (χ0) is 24.2. The number of fused-ring (bicyclic) bond motifs is 2. The van der Waals surface area contributed by atoms with Crippen molar-refractivity contribution in [1.29, 1.82) is 0 Å². The Labute approximate surface area is 202 Å². The van der Waals surface area contributed by atoms with Gasteiger partial charge in [0.1, 0.15) is 16.9 Å². The molecule has 2 aromatic heterocycles. The van der Waals surface area contributed by atoms with Gasteiger partial charge in [0.2, 0.25) is 5.91 Å². The van der Waals surface area contributed by atoms with Gasteiger partial charge >= 0.3 is 0 Å². The molecule has 1 unspecified atom stereocenters. The number of nitrogens with zero attached hydrogens (tertiary/aromatic N) is 4. The largest absolute Gasteiger partial charge is 0.484 e. The molecular formula is C25H28N6O4. The summed E-state index contributed by atoms with van der Waals surface area (Å²) in [5, 5.41) is 20.1. The van der Waals surface area contributed by atoms with Gasteiger partial charge < -0.3 is 25.4 Å². The number of amides is 2. The summed E-state index contributed by atoms with van der Waals surface area (Å²) in [4.78, 5) is 31.7. The van der Waals surface area contributed by atoms with Gasteiger partial charge in [-0.25, -0.2) is 9.50 Å². The lowest BCUT2D eigenvalue weighted by Gasteiger charge is -2.40. The molecule has 2 saturated heterocycles. The van der Waals surface area contributed by atoms with Gasteiger partial charge in [-0.2, -0.15) is 5.10 Å². The number of benzene rings is 1. The fourth-order valence-corrected chi connectivity index (χ4v) is 5.51. The van der Waals surface area contributed by atoms with Crippen molar-refractivity contribution in [2.75, 3.05) is 36.5 Å². The molecule has 3 aromatic rings. The third-order valence-corrected chi connectivity index (χ3v) is 7.57. The van der Waals surface area contributed by atoms with E-state index >= 15 is 0 Å². The van der Waals surface area contributed by atoms with Gasteiger partial charge in [-0.3, -0.25) is 9.59 Å². The standard InChI is InChI=1S/C25H28N6O4/c1-24(15-32)11-16-9-18(29-23(34)17-13-28-31-6-2-5-26-22(17)31)19(10-20(16)35-24)30-7-3-25(4-8-30)12-21(33)27-14-25/h2,5-6,9-10,13,32H,3-4,7-8,11-12,14-15H2,1H3,(H,27,33)(H,29,34). The molecule has 2 fully saturated rings. The molecule has 0 radical (unpaired) electrons. The van der Waals surface area contributed by atoms with E-state index in [1.54, 1.807) is 23.0 Å². The number of nitrogens with one attached hydrogen (secondary N) is 2. The van der Waals surface area contributed by atoms with Crippen LogP contribution in [0.15, 0.2) is 36.8 Å². The highest BCUT2D eigenvalue weighted by atomic mass is 16.5. The first-order valence-electron chi connectivity index (χ1n) is 12.0. The number of rotatable bonds is 4. The van der Waals surface area contributed by atoms with E-state index in [0.29, 0.717) is 29.7 Å². The molecule has 3 aliphatic heterocycles. The summed E-state index contributed by atoms with van der Waals surface area (Å²) in [5.41, 5.74) is 2.71. The Hall–Kier alpha value is -3.66. The molecule has 6 rings (SSSR count). The third-order valence-electron chi connectivity index (χ3n) is 7.57. The summed E-state index contributed by atoms with van der Waals surface area (Å²) >= 11 is 0. The molecule has 10 heteroatoms. The third kappa shape index (κ3) is 3.78. The molecule has 1 atom stereocenters. The van der Waals surface area contributed by atoms with Crippen LogP contribution >= 0.6 is 0 Å². The first kappa shape index (κ1) is 21.8. The minimum absolute atomic E-state index is 0.0163. The Bertz CT molecular complexity index is 1330. The molecule has 10 nitrogen and oxygen atoms in total. The molecule has 35 heavy (non-hydrogen) atoms. The van der Waals surface area contributed by atoms with Crippen molar-refractivity contribution in [3.05, 3.63) is 47.9 Å². The molecule has 3 aliphatic rings. The Kier molecular flexibility index (Phi) is 4.96. The molecule has 0 aliphatic carbocycles. The minimum Gasteiger partial charge on any atom is -0.484 e. The van der Waals surface area contributed by atoms with Crippen molar-refractivity contribution in [2.45, 2.75) is 38.2 Å². The van der Waals surface area contributed by atoms with Crippen LogP contribution in [0.1, 0.15) is 42.1 Å². The van der Waals surface area contributed by atoms with E-state index in [1.165, 1.54) is 6.20 Å². The normalized spacial score (nSPS) is 22.8. The van der Waals surface area contributed by atoms with E-state index in [0.717, 1.165) is 49.5 Å². The number of ether oxygens (including phenoxy) is 1. The zero-order valence-corrected chi connectivity index (χ0v) is 19.6. The van der Waals surface area contributed by atoms with Crippen LogP contribution in [-0.4, -0.2) is 63.4 Å². The van der Waals surface area contributed by atoms with E-state index in [-0.39, 0.29) is 23.8 Å². The highest BCUT2D eigenvalue weighted by Crippen LogP contribution is 2.45. The lowest BCUT2D eigenvalue weighted by molar-refractivity contribution is -0.119. The summed E-state index contributed by atoms with van der Waals surface area (Å²) in [7, 11) is 0. The monoisotopic (exact) mass is 476 g/mol. The predicted octanol–water partition coefficient (Wildman–Crippen LogP) is 1.77. The summed E-state index contributed by atoms with van der Waals surface area (Å²) in [5.74, 6) is 0.565. The van der Waals surface area contributed by atoms with Crippen LogP contribution in [0.4, 0.5) is 11.4 Å². The zero-order valence-electron chi connectivity index (χ0n) is 19.6. The van der Waals surface area contributed by atoms with Crippen LogP contribution in [0.3, 0.4) is 0 Å². The van der Waals surface area contributed by atoms with Crippen molar-refractivity contribution in [3.63, 3.8) is 0 Å². The van der Waals surface area contributed by atoms with Crippen LogP contribution < -0.4 is 20.3 Å². The van der Waals surface area contributed by atoms with Crippen LogP contribution in [0, 0.1) is 5.41 Å². The van der Waals surface area contributed by atoms with Gasteiger partial charge in [-0.05, 0) is 37.3 Å². The van der Waals surface area contributed by atoms with E-state index in [2.05, 4.69) is 25.6 Å². The molecule has 5 heterocycles. The Balaban J connectivity index is 1.32. The first-order valence-corrected chi connectivity index (χ1v) is 12.0. The van der Waals surface area contributed by atoms with Crippen LogP contribution in [0.2, 0.25) is 0 Å². The average molecular weight is 477 g/mol. The topological polar surface area (TPSA) is 121 Å². The second kappa shape index (κ2) is 7.94. The van der Waals surface area contributed by atoms with Crippen molar-refractivity contribution in [1.82, 2.24) is 19.9 Å². The van der Waals surface area contributed by atoms with Gasteiger partial charge in [0.05, 0.1) is 24.2 Å². The Morgan fingerprint density at radius 2 is 2.11 bits per heavy atom. The van der Waals surface area contributed by atoms with E-state index in [1.807, 2.05) is 19.1 Å². The summed E-state index contributed by atoms with van der Waals surface area (Å²) in [6, 6.07) is 5.68. The summed E-state index contributed by atoms with van der Waals surface area (Å²) in [6.07, 6.45) is 7.82. The number of carbonyl (C=O) groups excluding carboxylic acids is 2. The number of aliphatic hydroxyl groups excluding tert-OH is 1. The second-order valence-electron chi connectivity index (χ2n) is 10.2. The maximum Gasteiger partial charge on any atom is 0.261 e. The van der Waals surface area contributed by atoms with E-state index < -0.39 is 5.60 Å². The summed E-state index contributed by atoms with van der Waals surface area (Å²) in [6.45, 7) is 4.05. The molecule has 1 aromatic carbocycles. The van der Waals surface area contributed by atoms with Gasteiger partial charge in [-0.15, -0.1) is 0 Å². The first-order chi connectivity index (χ1) is 16.9. The summed E-state index contributed by atoms with van der Waals surface area (Å²) < 4.78 is 7.67. The molecule has 182 valence electrons. The number of aromatic nitrogens is 3. The van der Waals surface area contributed by atoms with Crippen molar-refractivity contribution >= 4 is 28.8 Å². The average Bonchev–Trinajstić information content (AvgIpc) is 3.54. The van der Waals surface area contributed by atoms with Crippen LogP contribution in [-0.2, 0) is 11.2 Å². The molecular weight excluding hydrogens is 448 g/mol. The minimum atomic E-state index is -0.684.